The Kier molecular flexibility index (Phi) is 3.50. The first-order valence-corrected chi connectivity index (χ1v) is 10.4. The molecule has 1 unspecified atom stereocenters. The Labute approximate surface area is 144 Å². The van der Waals surface area contributed by atoms with Gasteiger partial charge in [-0.25, -0.2) is 8.42 Å². The van der Waals surface area contributed by atoms with Gasteiger partial charge in [0.1, 0.15) is 0 Å². The van der Waals surface area contributed by atoms with E-state index >= 15 is 0 Å². The minimum Gasteiger partial charge on any atom is -0.331 e. The van der Waals surface area contributed by atoms with Crippen LogP contribution in [0.15, 0.2) is 16.6 Å². The lowest BCUT2D eigenvalue weighted by molar-refractivity contribution is 0.0698. The van der Waals surface area contributed by atoms with Crippen molar-refractivity contribution < 1.29 is 13.2 Å². The molecule has 4 rings (SSSR count). The van der Waals surface area contributed by atoms with E-state index in [0.29, 0.717) is 36.6 Å². The molecule has 1 N–H and O–H groups in total. The highest BCUT2D eigenvalue weighted by molar-refractivity contribution is 9.10. The van der Waals surface area contributed by atoms with Crippen molar-refractivity contribution in [2.75, 3.05) is 4.72 Å². The summed E-state index contributed by atoms with van der Waals surface area (Å²) in [5.41, 5.74) is 1.83. The predicted molar refractivity (Wildman–Crippen MR) is 91.8 cm³/mol. The van der Waals surface area contributed by atoms with Gasteiger partial charge < -0.3 is 4.90 Å². The summed E-state index contributed by atoms with van der Waals surface area (Å²) in [6, 6.07) is 3.82. The third-order valence-corrected chi connectivity index (χ3v) is 7.32. The lowest BCUT2D eigenvalue weighted by Gasteiger charge is -2.24. The summed E-state index contributed by atoms with van der Waals surface area (Å²) in [5.74, 6) is 0.531. The van der Waals surface area contributed by atoms with Crippen LogP contribution in [0, 0.1) is 5.92 Å². The number of anilines is 1. The van der Waals surface area contributed by atoms with Crippen molar-refractivity contribution in [2.24, 2.45) is 5.92 Å². The molecule has 1 amide bonds. The minimum absolute atomic E-state index is 0.0552. The number of fused-ring (bicyclic) bond motifs is 1. The fourth-order valence-corrected chi connectivity index (χ4v) is 5.19. The molecule has 7 heteroatoms. The van der Waals surface area contributed by atoms with Gasteiger partial charge in [0.05, 0.1) is 16.5 Å². The minimum atomic E-state index is -3.39. The molecule has 0 aromatic heterocycles. The van der Waals surface area contributed by atoms with Gasteiger partial charge in [-0.3, -0.25) is 9.52 Å². The molecule has 2 aliphatic carbocycles. The molecule has 1 heterocycles. The summed E-state index contributed by atoms with van der Waals surface area (Å²) >= 11 is 3.43. The largest absolute Gasteiger partial charge is 0.331 e. The third kappa shape index (κ3) is 2.78. The number of nitrogens with zero attached hydrogens (tertiary/aromatic N) is 1. The molecule has 0 bridgehead atoms. The van der Waals surface area contributed by atoms with E-state index in [4.69, 9.17) is 0 Å². The van der Waals surface area contributed by atoms with Crippen molar-refractivity contribution in [1.29, 1.82) is 0 Å². The smallest absolute Gasteiger partial charge is 0.256 e. The number of benzene rings is 1. The maximum Gasteiger partial charge on any atom is 0.256 e. The lowest BCUT2D eigenvalue weighted by atomic mass is 10.1. The van der Waals surface area contributed by atoms with Crippen molar-refractivity contribution in [2.45, 2.75) is 50.4 Å². The van der Waals surface area contributed by atoms with Crippen LogP contribution in [0.2, 0.25) is 0 Å². The molecule has 2 fully saturated rings. The van der Waals surface area contributed by atoms with Gasteiger partial charge in [-0.05, 0) is 56.2 Å². The molecule has 1 aromatic carbocycles. The standard InChI is InChI=1S/C16H19BrN2O3S/c1-9(10-2-3-10)19-8-11-6-12(17)7-14(15(11)16(19)20)18-23(21,22)13-4-5-13/h6-7,9-10,13,18H,2-5,8H2,1H3. The molecular weight excluding hydrogens is 380 g/mol. The van der Waals surface area contributed by atoms with Crippen molar-refractivity contribution in [3.63, 3.8) is 0 Å². The van der Waals surface area contributed by atoms with E-state index in [-0.39, 0.29) is 17.2 Å². The second kappa shape index (κ2) is 5.21. The fourth-order valence-electron chi connectivity index (χ4n) is 3.30. The first-order valence-electron chi connectivity index (χ1n) is 8.02. The van der Waals surface area contributed by atoms with Gasteiger partial charge >= 0.3 is 0 Å². The molecule has 2 saturated carbocycles. The van der Waals surface area contributed by atoms with Crippen LogP contribution in [-0.4, -0.2) is 30.5 Å². The normalized spacial score (nSPS) is 22.2. The molecule has 1 aromatic rings. The van der Waals surface area contributed by atoms with E-state index in [1.165, 1.54) is 12.8 Å². The number of nitrogens with one attached hydrogen (secondary N) is 1. The molecule has 5 nitrogen and oxygen atoms in total. The Morgan fingerprint density at radius 1 is 1.26 bits per heavy atom. The third-order valence-electron chi connectivity index (χ3n) is 5.01. The van der Waals surface area contributed by atoms with Crippen molar-refractivity contribution in [1.82, 2.24) is 4.90 Å². The van der Waals surface area contributed by atoms with Crippen LogP contribution in [-0.2, 0) is 16.6 Å². The fraction of sp³-hybridized carbons (Fsp3) is 0.562. The van der Waals surface area contributed by atoms with E-state index in [0.717, 1.165) is 10.0 Å². The van der Waals surface area contributed by atoms with Gasteiger partial charge in [-0.15, -0.1) is 0 Å². The zero-order valence-corrected chi connectivity index (χ0v) is 15.3. The van der Waals surface area contributed by atoms with E-state index in [1.54, 1.807) is 6.07 Å². The molecule has 23 heavy (non-hydrogen) atoms. The first-order chi connectivity index (χ1) is 10.9. The number of hydrogen-bond acceptors (Lipinski definition) is 3. The second-order valence-corrected chi connectivity index (χ2v) is 9.72. The van der Waals surface area contributed by atoms with Gasteiger partial charge in [0.25, 0.3) is 5.91 Å². The molecule has 1 aliphatic heterocycles. The Bertz CT molecular complexity index is 785. The summed E-state index contributed by atoms with van der Waals surface area (Å²) in [4.78, 5) is 14.7. The summed E-state index contributed by atoms with van der Waals surface area (Å²) in [5, 5.41) is -0.310. The van der Waals surface area contributed by atoms with Crippen LogP contribution in [0.4, 0.5) is 5.69 Å². The maximum absolute atomic E-state index is 12.8. The van der Waals surface area contributed by atoms with Crippen LogP contribution >= 0.6 is 15.9 Å². The van der Waals surface area contributed by atoms with E-state index in [9.17, 15) is 13.2 Å². The first kappa shape index (κ1) is 15.4. The number of halogens is 1. The molecule has 0 radical (unpaired) electrons. The van der Waals surface area contributed by atoms with Crippen LogP contribution in [0.25, 0.3) is 0 Å². The van der Waals surface area contributed by atoms with Crippen LogP contribution in [0.3, 0.4) is 0 Å². The van der Waals surface area contributed by atoms with Crippen molar-refractivity contribution in [3.8, 4) is 0 Å². The number of amides is 1. The zero-order chi connectivity index (χ0) is 16.4. The molecule has 0 saturated heterocycles. The van der Waals surface area contributed by atoms with Crippen LogP contribution in [0.5, 0.6) is 0 Å². The number of hydrogen-bond donors (Lipinski definition) is 1. The quantitative estimate of drug-likeness (QED) is 0.828. The molecule has 0 spiro atoms. The number of rotatable bonds is 5. The van der Waals surface area contributed by atoms with Gasteiger partial charge in [0, 0.05) is 17.1 Å². The number of carbonyl (C=O) groups is 1. The van der Waals surface area contributed by atoms with Gasteiger partial charge in [0.15, 0.2) is 0 Å². The molecular formula is C16H19BrN2O3S. The van der Waals surface area contributed by atoms with Gasteiger partial charge in [-0.2, -0.15) is 0 Å². The molecule has 1 atom stereocenters. The monoisotopic (exact) mass is 398 g/mol. The Morgan fingerprint density at radius 2 is 1.96 bits per heavy atom. The average molecular weight is 399 g/mol. The van der Waals surface area contributed by atoms with Gasteiger partial charge in [0.2, 0.25) is 10.0 Å². The number of carbonyl (C=O) groups excluding carboxylic acids is 1. The van der Waals surface area contributed by atoms with Crippen molar-refractivity contribution in [3.05, 3.63) is 27.7 Å². The Balaban J connectivity index is 1.69. The lowest BCUT2D eigenvalue weighted by Crippen LogP contribution is -2.35. The Hall–Kier alpha value is -1.08. The second-order valence-electron chi connectivity index (χ2n) is 6.84. The SMILES string of the molecule is CC(C1CC1)N1Cc2cc(Br)cc(NS(=O)(=O)C3CC3)c2C1=O. The average Bonchev–Trinajstić information content (AvgIpc) is 3.35. The highest BCUT2D eigenvalue weighted by Crippen LogP contribution is 2.41. The van der Waals surface area contributed by atoms with Gasteiger partial charge in [-0.1, -0.05) is 15.9 Å². The van der Waals surface area contributed by atoms with Crippen molar-refractivity contribution >= 4 is 37.5 Å². The molecule has 124 valence electrons. The summed E-state index contributed by atoms with van der Waals surface area (Å²) < 4.78 is 28.0. The summed E-state index contributed by atoms with van der Waals surface area (Å²) in [6.07, 6.45) is 3.74. The summed E-state index contributed by atoms with van der Waals surface area (Å²) in [6.45, 7) is 2.65. The highest BCUT2D eigenvalue weighted by Gasteiger charge is 2.41. The summed E-state index contributed by atoms with van der Waals surface area (Å²) in [7, 11) is -3.39. The highest BCUT2D eigenvalue weighted by atomic mass is 79.9. The van der Waals surface area contributed by atoms with E-state index < -0.39 is 10.0 Å². The predicted octanol–water partition coefficient (Wildman–Crippen LogP) is 3.11. The maximum atomic E-state index is 12.8. The molecule has 3 aliphatic rings. The van der Waals surface area contributed by atoms with Crippen LogP contribution < -0.4 is 4.72 Å². The van der Waals surface area contributed by atoms with E-state index in [1.807, 2.05) is 11.0 Å². The topological polar surface area (TPSA) is 66.5 Å². The zero-order valence-electron chi connectivity index (χ0n) is 12.9. The Morgan fingerprint density at radius 3 is 2.57 bits per heavy atom. The number of sulfonamides is 1. The van der Waals surface area contributed by atoms with E-state index in [2.05, 4.69) is 27.6 Å². The van der Waals surface area contributed by atoms with Crippen LogP contribution in [0.1, 0.15) is 48.5 Å².